The fourth-order valence-corrected chi connectivity index (χ4v) is 5.27. The number of allylic oxidation sites excluding steroid dienone is 2. The molecule has 0 saturated carbocycles. The predicted molar refractivity (Wildman–Crippen MR) is 160 cm³/mol. The first-order chi connectivity index (χ1) is 17.5. The molecule has 0 aliphatic heterocycles. The van der Waals surface area contributed by atoms with Gasteiger partial charge in [-0.15, -0.1) is 34.9 Å². The van der Waals surface area contributed by atoms with Crippen molar-refractivity contribution in [1.29, 1.82) is 0 Å². The van der Waals surface area contributed by atoms with E-state index in [2.05, 4.69) is 106 Å². The average Bonchev–Trinajstić information content (AvgIpc) is 2.87. The number of pyridine rings is 1. The van der Waals surface area contributed by atoms with E-state index in [1.165, 1.54) is 33.3 Å². The Labute approximate surface area is 242 Å². The van der Waals surface area contributed by atoms with Crippen LogP contribution in [0, 0.1) is 19.9 Å². The first-order valence-corrected chi connectivity index (χ1v) is 16.5. The van der Waals surface area contributed by atoms with Crippen LogP contribution in [0.5, 0.6) is 0 Å². The number of aliphatic hydroxyl groups excluding tert-OH is 1. The second kappa shape index (κ2) is 13.8. The molecule has 0 aliphatic carbocycles. The summed E-state index contributed by atoms with van der Waals surface area (Å²) in [4.78, 5) is 15.6. The van der Waals surface area contributed by atoms with Crippen molar-refractivity contribution in [3.8, 4) is 22.4 Å². The standard InChI is InChI=1S/C26H26NSi.C7H12O2.Ir/c1-18-13-19(2)15-21(14-18)26-17-23(20-9-7-6-8-10-20)24-16-22(28(3,4)5)11-12-25(24)27-26;1-3-6(8)5-7(9)4-2;/h6-14,16-17H,1-5H3;5,8H,3-4H2,1-2H3;/q-1;;/b;6-5-;. The summed E-state index contributed by atoms with van der Waals surface area (Å²) in [5, 5.41) is 11.5. The van der Waals surface area contributed by atoms with Crippen molar-refractivity contribution in [2.24, 2.45) is 0 Å². The maximum atomic E-state index is 10.5. The summed E-state index contributed by atoms with van der Waals surface area (Å²) in [6.07, 6.45) is 2.27. The van der Waals surface area contributed by atoms with Crippen molar-refractivity contribution in [1.82, 2.24) is 4.98 Å². The molecule has 0 amide bonds. The summed E-state index contributed by atoms with van der Waals surface area (Å²) in [7, 11) is -1.40. The maximum absolute atomic E-state index is 10.5. The molecule has 0 atom stereocenters. The Kier molecular flexibility index (Phi) is 11.4. The van der Waals surface area contributed by atoms with Crippen LogP contribution >= 0.6 is 0 Å². The van der Waals surface area contributed by atoms with E-state index in [0.717, 1.165) is 22.3 Å². The molecule has 5 heteroatoms. The zero-order chi connectivity index (χ0) is 27.2. The molecular weight excluding hydrogens is 663 g/mol. The van der Waals surface area contributed by atoms with E-state index in [9.17, 15) is 4.79 Å². The van der Waals surface area contributed by atoms with Crippen molar-refractivity contribution >= 4 is 29.9 Å². The van der Waals surface area contributed by atoms with Crippen LogP contribution in [0.25, 0.3) is 33.3 Å². The molecule has 0 fully saturated rings. The van der Waals surface area contributed by atoms with Crippen LogP contribution in [0.15, 0.2) is 78.6 Å². The third kappa shape index (κ3) is 8.32. The zero-order valence-corrected chi connectivity index (χ0v) is 26.9. The summed E-state index contributed by atoms with van der Waals surface area (Å²) in [5.41, 5.74) is 7.95. The van der Waals surface area contributed by atoms with Gasteiger partial charge in [0, 0.05) is 44.4 Å². The minimum Gasteiger partial charge on any atom is -0.512 e. The second-order valence-electron chi connectivity index (χ2n) is 10.5. The van der Waals surface area contributed by atoms with Crippen LogP contribution in [-0.2, 0) is 24.9 Å². The van der Waals surface area contributed by atoms with E-state index >= 15 is 0 Å². The molecule has 1 heterocycles. The van der Waals surface area contributed by atoms with E-state index in [1.807, 2.05) is 0 Å². The monoisotopic (exact) mass is 701 g/mol. The molecule has 201 valence electrons. The Balaban J connectivity index is 0.000000439. The van der Waals surface area contributed by atoms with Gasteiger partial charge in [-0.2, -0.15) is 0 Å². The van der Waals surface area contributed by atoms with Crippen molar-refractivity contribution in [2.45, 2.75) is 60.2 Å². The molecule has 0 aliphatic rings. The summed E-state index contributed by atoms with van der Waals surface area (Å²) < 4.78 is 0. The number of carbonyl (C=O) groups is 1. The van der Waals surface area contributed by atoms with Gasteiger partial charge in [-0.1, -0.05) is 101 Å². The summed E-state index contributed by atoms with van der Waals surface area (Å²) in [5.74, 6) is 0.149. The number of hydrogen-bond acceptors (Lipinski definition) is 3. The normalized spacial score (nSPS) is 11.4. The van der Waals surface area contributed by atoms with E-state index in [4.69, 9.17) is 10.1 Å². The Bertz CT molecular complexity index is 1400. The van der Waals surface area contributed by atoms with Gasteiger partial charge < -0.3 is 5.11 Å². The van der Waals surface area contributed by atoms with Crippen LogP contribution in [0.3, 0.4) is 0 Å². The quantitative estimate of drug-likeness (QED) is 0.0953. The average molecular weight is 701 g/mol. The minimum atomic E-state index is -1.40. The number of rotatable bonds is 6. The first-order valence-electron chi connectivity index (χ1n) is 13.0. The Hall–Kier alpha value is -2.85. The Morgan fingerprint density at radius 2 is 1.63 bits per heavy atom. The third-order valence-corrected chi connectivity index (χ3v) is 8.26. The van der Waals surface area contributed by atoms with Crippen LogP contribution in [0.2, 0.25) is 19.6 Å². The van der Waals surface area contributed by atoms with Crippen LogP contribution < -0.4 is 5.19 Å². The Morgan fingerprint density at radius 1 is 0.947 bits per heavy atom. The van der Waals surface area contributed by atoms with Gasteiger partial charge in [-0.05, 0) is 22.9 Å². The molecular formula is C33H38IrNO2Si-. The van der Waals surface area contributed by atoms with Crippen molar-refractivity contribution in [2.75, 3.05) is 0 Å². The van der Waals surface area contributed by atoms with Crippen LogP contribution in [0.4, 0.5) is 0 Å². The number of ketones is 1. The number of benzene rings is 3. The topological polar surface area (TPSA) is 50.2 Å². The van der Waals surface area contributed by atoms with Crippen molar-refractivity contribution in [3.63, 3.8) is 0 Å². The molecule has 1 radical (unpaired) electrons. The van der Waals surface area contributed by atoms with Gasteiger partial charge in [0.2, 0.25) is 0 Å². The van der Waals surface area contributed by atoms with E-state index in [1.54, 1.807) is 13.8 Å². The fraction of sp³-hybridized carbons (Fsp3) is 0.273. The Morgan fingerprint density at radius 3 is 2.21 bits per heavy atom. The number of carbonyl (C=O) groups excluding carboxylic acids is 1. The fourth-order valence-electron chi connectivity index (χ4n) is 4.11. The smallest absolute Gasteiger partial charge is 0.158 e. The SMILES string of the molecule is CCC(=O)/C=C(\O)CC.Cc1[c-]c(-c2cc(-c3ccccc3)c3cc([Si](C)(C)C)ccc3n2)cc(C)c1.[Ir]. The van der Waals surface area contributed by atoms with Crippen molar-refractivity contribution in [3.05, 3.63) is 95.8 Å². The van der Waals surface area contributed by atoms with Gasteiger partial charge >= 0.3 is 0 Å². The number of aryl methyl sites for hydroxylation is 2. The van der Waals surface area contributed by atoms with E-state index in [-0.39, 0.29) is 31.6 Å². The van der Waals surface area contributed by atoms with Crippen LogP contribution in [0.1, 0.15) is 37.8 Å². The molecule has 3 nitrogen and oxygen atoms in total. The number of aromatic nitrogens is 1. The summed E-state index contributed by atoms with van der Waals surface area (Å²) in [6, 6.07) is 27.5. The number of nitrogens with zero attached hydrogens (tertiary/aromatic N) is 1. The molecule has 1 N–H and O–H groups in total. The molecule has 4 aromatic rings. The minimum absolute atomic E-state index is 0. The van der Waals surface area contributed by atoms with E-state index < -0.39 is 8.07 Å². The largest absolute Gasteiger partial charge is 0.512 e. The van der Waals surface area contributed by atoms with Crippen molar-refractivity contribution < 1.29 is 30.0 Å². The zero-order valence-electron chi connectivity index (χ0n) is 23.5. The maximum Gasteiger partial charge on any atom is 0.158 e. The predicted octanol–water partition coefficient (Wildman–Crippen LogP) is 8.35. The van der Waals surface area contributed by atoms with Gasteiger partial charge in [0.05, 0.1) is 19.3 Å². The molecule has 0 unspecified atom stereocenters. The van der Waals surface area contributed by atoms with Gasteiger partial charge in [-0.25, -0.2) is 0 Å². The number of aliphatic hydroxyl groups is 1. The van der Waals surface area contributed by atoms with Gasteiger partial charge in [-0.3, -0.25) is 9.78 Å². The molecule has 0 spiro atoms. The number of hydrogen-bond donors (Lipinski definition) is 1. The molecule has 3 aromatic carbocycles. The van der Waals surface area contributed by atoms with Gasteiger partial charge in [0.25, 0.3) is 0 Å². The summed E-state index contributed by atoms with van der Waals surface area (Å²) in [6.45, 7) is 15.0. The first kappa shape index (κ1) is 31.4. The third-order valence-electron chi connectivity index (χ3n) is 6.22. The molecule has 4 rings (SSSR count). The molecule has 0 saturated heterocycles. The molecule has 0 bridgehead atoms. The second-order valence-corrected chi connectivity index (χ2v) is 15.5. The van der Waals surface area contributed by atoms with E-state index in [0.29, 0.717) is 12.8 Å². The summed E-state index contributed by atoms with van der Waals surface area (Å²) >= 11 is 0. The van der Waals surface area contributed by atoms with Gasteiger partial charge in [0.15, 0.2) is 5.78 Å². The molecule has 38 heavy (non-hydrogen) atoms. The molecule has 1 aromatic heterocycles. The van der Waals surface area contributed by atoms with Gasteiger partial charge in [0.1, 0.15) is 0 Å². The van der Waals surface area contributed by atoms with Crippen LogP contribution in [-0.4, -0.2) is 23.9 Å². The number of fused-ring (bicyclic) bond motifs is 1.